The summed E-state index contributed by atoms with van der Waals surface area (Å²) in [4.78, 5) is 32.9. The first-order valence-corrected chi connectivity index (χ1v) is 9.81. The lowest BCUT2D eigenvalue weighted by Gasteiger charge is -2.04. The quantitative estimate of drug-likeness (QED) is 0.145. The zero-order chi connectivity index (χ0) is 22.0. The number of ketones is 1. The van der Waals surface area contributed by atoms with Crippen molar-refractivity contribution in [1.82, 2.24) is 9.97 Å². The SMILES string of the molecule is CCOC(=O)/C(=C\c1nc(-c2ccccc2)oc1O)C(=O)c1cc2c(Cl)cccc2[nH]1. The minimum atomic E-state index is -0.846. The molecule has 0 saturated carbocycles. The van der Waals surface area contributed by atoms with Crippen LogP contribution in [0.2, 0.25) is 5.02 Å². The van der Waals surface area contributed by atoms with E-state index in [1.165, 1.54) is 0 Å². The number of hydrogen-bond acceptors (Lipinski definition) is 6. The third-order valence-electron chi connectivity index (χ3n) is 4.53. The summed E-state index contributed by atoms with van der Waals surface area (Å²) in [7, 11) is 0. The van der Waals surface area contributed by atoms with E-state index in [1.54, 1.807) is 55.5 Å². The highest BCUT2D eigenvalue weighted by Crippen LogP contribution is 2.29. The van der Waals surface area contributed by atoms with Crippen molar-refractivity contribution in [2.24, 2.45) is 0 Å². The summed E-state index contributed by atoms with van der Waals surface area (Å²) in [5.41, 5.74) is 1.05. The number of rotatable bonds is 6. The molecular formula is C23H17ClN2O5. The molecule has 0 saturated heterocycles. The molecule has 0 radical (unpaired) electrons. The summed E-state index contributed by atoms with van der Waals surface area (Å²) in [6.45, 7) is 1.70. The van der Waals surface area contributed by atoms with Crippen molar-refractivity contribution in [3.8, 4) is 17.4 Å². The molecule has 0 atom stereocenters. The van der Waals surface area contributed by atoms with Crippen molar-refractivity contribution in [3.05, 3.63) is 76.6 Å². The zero-order valence-corrected chi connectivity index (χ0v) is 17.1. The lowest BCUT2D eigenvalue weighted by Crippen LogP contribution is -2.16. The number of oxazole rings is 1. The standard InChI is InChI=1S/C23H17ClN2O5/c1-2-30-22(28)15(20(27)18-11-14-16(24)9-6-10-17(14)25-18)12-19-23(29)31-21(26-19)13-7-4-3-5-8-13/h3-12,25,29H,2H2,1H3/b15-12-. The molecule has 0 unspecified atom stereocenters. The van der Waals surface area contributed by atoms with Gasteiger partial charge in [-0.15, -0.1) is 0 Å². The number of aromatic nitrogens is 2. The van der Waals surface area contributed by atoms with Crippen LogP contribution >= 0.6 is 11.6 Å². The minimum absolute atomic E-state index is 0.0654. The maximum absolute atomic E-state index is 13.2. The zero-order valence-electron chi connectivity index (χ0n) is 16.4. The molecule has 0 amide bonds. The van der Waals surface area contributed by atoms with E-state index in [4.69, 9.17) is 20.8 Å². The van der Waals surface area contributed by atoms with Gasteiger partial charge in [-0.05, 0) is 43.3 Å². The van der Waals surface area contributed by atoms with E-state index in [-0.39, 0.29) is 29.5 Å². The van der Waals surface area contributed by atoms with E-state index in [9.17, 15) is 14.7 Å². The summed E-state index contributed by atoms with van der Waals surface area (Å²) in [6, 6.07) is 15.7. The molecule has 156 valence electrons. The first kappa shape index (κ1) is 20.4. The first-order chi connectivity index (χ1) is 15.0. The second-order valence-corrected chi connectivity index (χ2v) is 6.97. The summed E-state index contributed by atoms with van der Waals surface area (Å²) in [5.74, 6) is -1.85. The minimum Gasteiger partial charge on any atom is -0.479 e. The van der Waals surface area contributed by atoms with Gasteiger partial charge in [0.15, 0.2) is 0 Å². The van der Waals surface area contributed by atoms with E-state index < -0.39 is 17.7 Å². The van der Waals surface area contributed by atoms with Crippen LogP contribution in [0.5, 0.6) is 5.95 Å². The van der Waals surface area contributed by atoms with Crippen molar-refractivity contribution in [1.29, 1.82) is 0 Å². The van der Waals surface area contributed by atoms with Crippen molar-refractivity contribution in [2.75, 3.05) is 6.61 Å². The van der Waals surface area contributed by atoms with Crippen LogP contribution in [0, 0.1) is 0 Å². The molecule has 2 N–H and O–H groups in total. The molecule has 0 aliphatic heterocycles. The maximum atomic E-state index is 13.2. The molecule has 0 spiro atoms. The van der Waals surface area contributed by atoms with Gasteiger partial charge in [0.25, 0.3) is 0 Å². The Hall–Kier alpha value is -3.84. The van der Waals surface area contributed by atoms with Crippen molar-refractivity contribution in [2.45, 2.75) is 6.92 Å². The Labute approximate surface area is 181 Å². The van der Waals surface area contributed by atoms with Gasteiger partial charge in [-0.25, -0.2) is 9.78 Å². The van der Waals surface area contributed by atoms with E-state index in [2.05, 4.69) is 9.97 Å². The Morgan fingerprint density at radius 3 is 2.68 bits per heavy atom. The Morgan fingerprint density at radius 1 is 1.19 bits per heavy atom. The number of benzene rings is 2. The van der Waals surface area contributed by atoms with Crippen molar-refractivity contribution >= 4 is 40.3 Å². The second-order valence-electron chi connectivity index (χ2n) is 6.57. The Balaban J connectivity index is 1.77. The van der Waals surface area contributed by atoms with Gasteiger partial charge in [-0.3, -0.25) is 4.79 Å². The Bertz CT molecular complexity index is 1300. The van der Waals surface area contributed by atoms with Crippen LogP contribution in [0.25, 0.3) is 28.4 Å². The molecule has 4 rings (SSSR count). The lowest BCUT2D eigenvalue weighted by atomic mass is 10.1. The largest absolute Gasteiger partial charge is 0.479 e. The fraction of sp³-hybridized carbons (Fsp3) is 0.0870. The molecule has 2 aromatic heterocycles. The Kier molecular flexibility index (Phi) is 5.60. The Morgan fingerprint density at radius 2 is 1.97 bits per heavy atom. The van der Waals surface area contributed by atoms with Crippen LogP contribution < -0.4 is 0 Å². The molecule has 7 nitrogen and oxygen atoms in total. The first-order valence-electron chi connectivity index (χ1n) is 9.44. The number of Topliss-reactive ketones (excluding diaryl/α,β-unsaturated/α-hetero) is 1. The van der Waals surface area contributed by atoms with Crippen LogP contribution in [0.4, 0.5) is 0 Å². The predicted octanol–water partition coefficient (Wildman–Crippen LogP) is 5.01. The summed E-state index contributed by atoms with van der Waals surface area (Å²) in [5, 5.41) is 11.3. The fourth-order valence-corrected chi connectivity index (χ4v) is 3.30. The average Bonchev–Trinajstić information content (AvgIpc) is 3.37. The monoisotopic (exact) mass is 436 g/mol. The van der Waals surface area contributed by atoms with Crippen LogP contribution in [0.1, 0.15) is 23.1 Å². The van der Waals surface area contributed by atoms with Gasteiger partial charge in [-0.1, -0.05) is 35.9 Å². The van der Waals surface area contributed by atoms with Gasteiger partial charge in [0.1, 0.15) is 11.3 Å². The summed E-state index contributed by atoms with van der Waals surface area (Å²) >= 11 is 6.19. The molecule has 4 aromatic rings. The highest BCUT2D eigenvalue weighted by molar-refractivity contribution is 6.36. The number of hydrogen-bond donors (Lipinski definition) is 2. The van der Waals surface area contributed by atoms with E-state index in [0.29, 0.717) is 21.5 Å². The fourth-order valence-electron chi connectivity index (χ4n) is 3.07. The van der Waals surface area contributed by atoms with Gasteiger partial charge in [-0.2, -0.15) is 0 Å². The van der Waals surface area contributed by atoms with Gasteiger partial charge in [0.05, 0.1) is 12.3 Å². The molecule has 0 bridgehead atoms. The molecule has 8 heteroatoms. The molecule has 31 heavy (non-hydrogen) atoms. The number of nitrogens with one attached hydrogen (secondary N) is 1. The molecule has 2 heterocycles. The van der Waals surface area contributed by atoms with Crippen LogP contribution in [-0.2, 0) is 9.53 Å². The second kappa shape index (κ2) is 8.49. The average molecular weight is 437 g/mol. The molecule has 0 aliphatic carbocycles. The normalized spacial score (nSPS) is 11.6. The van der Waals surface area contributed by atoms with Gasteiger partial charge >= 0.3 is 11.9 Å². The number of halogens is 1. The number of fused-ring (bicyclic) bond motifs is 1. The molecule has 2 aromatic carbocycles. The number of aromatic hydroxyl groups is 1. The molecule has 0 fully saturated rings. The molecule has 0 aliphatic rings. The van der Waals surface area contributed by atoms with Crippen LogP contribution in [0.15, 0.2) is 64.6 Å². The smallest absolute Gasteiger partial charge is 0.342 e. The number of esters is 1. The van der Waals surface area contributed by atoms with Crippen molar-refractivity contribution in [3.63, 3.8) is 0 Å². The summed E-state index contributed by atoms with van der Waals surface area (Å²) in [6.07, 6.45) is 1.15. The topological polar surface area (TPSA) is 105 Å². The number of nitrogens with zero attached hydrogens (tertiary/aromatic N) is 1. The highest BCUT2D eigenvalue weighted by atomic mass is 35.5. The number of H-pyrrole nitrogens is 1. The van der Waals surface area contributed by atoms with Crippen LogP contribution in [0.3, 0.4) is 0 Å². The van der Waals surface area contributed by atoms with E-state index in [0.717, 1.165) is 6.08 Å². The molecular weight excluding hydrogens is 420 g/mol. The van der Waals surface area contributed by atoms with Crippen LogP contribution in [-0.4, -0.2) is 33.4 Å². The van der Waals surface area contributed by atoms with Gasteiger partial charge in [0, 0.05) is 21.5 Å². The number of carbonyl (C=O) groups excluding carboxylic acids is 2. The predicted molar refractivity (Wildman–Crippen MR) is 116 cm³/mol. The summed E-state index contributed by atoms with van der Waals surface area (Å²) < 4.78 is 10.3. The number of carbonyl (C=O) groups is 2. The third kappa shape index (κ3) is 4.08. The van der Waals surface area contributed by atoms with Gasteiger partial charge < -0.3 is 19.2 Å². The van der Waals surface area contributed by atoms with Gasteiger partial charge in [0.2, 0.25) is 11.7 Å². The van der Waals surface area contributed by atoms with E-state index >= 15 is 0 Å². The van der Waals surface area contributed by atoms with Crippen molar-refractivity contribution < 1.29 is 23.8 Å². The number of ether oxygens (including phenoxy) is 1. The third-order valence-corrected chi connectivity index (χ3v) is 4.86. The number of aromatic amines is 1. The highest BCUT2D eigenvalue weighted by Gasteiger charge is 2.25. The maximum Gasteiger partial charge on any atom is 0.342 e. The van der Waals surface area contributed by atoms with E-state index in [1.807, 2.05) is 6.07 Å². The lowest BCUT2D eigenvalue weighted by molar-refractivity contribution is -0.137.